The van der Waals surface area contributed by atoms with Crippen LogP contribution in [-0.4, -0.2) is 12.5 Å². The molecule has 1 aromatic carbocycles. The number of hydrogen-bond acceptors (Lipinski definition) is 2. The Labute approximate surface area is 114 Å². The number of halogens is 2. The maximum absolute atomic E-state index is 13.6. The molecular formula is C13H16BrFN2O. The highest BCUT2D eigenvalue weighted by Gasteiger charge is 2.37. The smallest absolute Gasteiger partial charge is 0.225 e. The molecule has 1 aliphatic carbocycles. The molecule has 0 aromatic heterocycles. The van der Waals surface area contributed by atoms with Gasteiger partial charge in [0, 0.05) is 10.9 Å². The first kappa shape index (κ1) is 13.5. The number of amides is 1. The lowest BCUT2D eigenvalue weighted by molar-refractivity contribution is -0.119. The molecule has 1 fully saturated rings. The Morgan fingerprint density at radius 3 is 2.72 bits per heavy atom. The van der Waals surface area contributed by atoms with Crippen molar-refractivity contribution in [3.05, 3.63) is 28.5 Å². The second-order valence-electron chi connectivity index (χ2n) is 4.91. The first-order valence-electron chi connectivity index (χ1n) is 6.00. The zero-order valence-electron chi connectivity index (χ0n) is 10.0. The predicted molar refractivity (Wildman–Crippen MR) is 72.7 cm³/mol. The number of carbonyl (C=O) groups excluding carboxylic acids is 1. The summed E-state index contributed by atoms with van der Waals surface area (Å²) in [7, 11) is 0. The second kappa shape index (κ2) is 5.36. The summed E-state index contributed by atoms with van der Waals surface area (Å²) in [6.07, 6.45) is 3.47. The summed E-state index contributed by atoms with van der Waals surface area (Å²) in [5, 5.41) is 2.61. The standard InChI is InChI=1S/C13H16BrFN2O/c14-9-2-3-11(10(15)6-9)17-12(18)7-13(8-16)4-1-5-13/h2-3,6H,1,4-5,7-8,16H2,(H,17,18). The van der Waals surface area contributed by atoms with E-state index in [1.807, 2.05) is 0 Å². The molecule has 0 atom stereocenters. The van der Waals surface area contributed by atoms with E-state index in [2.05, 4.69) is 21.2 Å². The minimum absolute atomic E-state index is 0.0596. The lowest BCUT2D eigenvalue weighted by atomic mass is 9.66. The van der Waals surface area contributed by atoms with Crippen molar-refractivity contribution in [1.29, 1.82) is 0 Å². The second-order valence-corrected chi connectivity index (χ2v) is 5.82. The third-order valence-corrected chi connectivity index (χ3v) is 4.08. The van der Waals surface area contributed by atoms with Crippen molar-refractivity contribution in [3.63, 3.8) is 0 Å². The Morgan fingerprint density at radius 2 is 2.22 bits per heavy atom. The van der Waals surface area contributed by atoms with Gasteiger partial charge in [0.05, 0.1) is 5.69 Å². The summed E-state index contributed by atoms with van der Waals surface area (Å²) in [6, 6.07) is 4.58. The van der Waals surface area contributed by atoms with Crippen LogP contribution in [0.1, 0.15) is 25.7 Å². The number of hydrogen-bond donors (Lipinski definition) is 2. The predicted octanol–water partition coefficient (Wildman–Crippen LogP) is 3.05. The SMILES string of the molecule is NCC1(CC(=O)Nc2ccc(Br)cc2F)CCC1. The Bertz CT molecular complexity index is 455. The van der Waals surface area contributed by atoms with Crippen LogP contribution in [0.4, 0.5) is 10.1 Å². The van der Waals surface area contributed by atoms with Crippen molar-refractivity contribution >= 4 is 27.5 Å². The van der Waals surface area contributed by atoms with Gasteiger partial charge in [-0.3, -0.25) is 4.79 Å². The summed E-state index contributed by atoms with van der Waals surface area (Å²) in [4.78, 5) is 11.9. The molecule has 0 saturated heterocycles. The van der Waals surface area contributed by atoms with Gasteiger partial charge >= 0.3 is 0 Å². The maximum Gasteiger partial charge on any atom is 0.225 e. The largest absolute Gasteiger partial charge is 0.330 e. The van der Waals surface area contributed by atoms with Crippen LogP contribution < -0.4 is 11.1 Å². The molecule has 2 rings (SSSR count). The molecule has 1 aromatic rings. The molecule has 1 saturated carbocycles. The van der Waals surface area contributed by atoms with Crippen LogP contribution in [0, 0.1) is 11.2 Å². The lowest BCUT2D eigenvalue weighted by Gasteiger charge is -2.40. The molecule has 0 bridgehead atoms. The monoisotopic (exact) mass is 314 g/mol. The summed E-state index contributed by atoms with van der Waals surface area (Å²) < 4.78 is 14.2. The fraction of sp³-hybridized carbons (Fsp3) is 0.462. The van der Waals surface area contributed by atoms with Gasteiger partial charge in [0.1, 0.15) is 5.82 Å². The number of benzene rings is 1. The van der Waals surface area contributed by atoms with Crippen LogP contribution >= 0.6 is 15.9 Å². The molecule has 98 valence electrons. The van der Waals surface area contributed by atoms with Crippen LogP contribution in [0.5, 0.6) is 0 Å². The van der Waals surface area contributed by atoms with Crippen molar-refractivity contribution in [2.75, 3.05) is 11.9 Å². The molecule has 3 N–H and O–H groups in total. The van der Waals surface area contributed by atoms with Crippen molar-refractivity contribution in [3.8, 4) is 0 Å². The molecule has 3 nitrogen and oxygen atoms in total. The van der Waals surface area contributed by atoms with Gasteiger partial charge in [-0.25, -0.2) is 4.39 Å². The molecule has 0 radical (unpaired) electrons. The topological polar surface area (TPSA) is 55.1 Å². The minimum Gasteiger partial charge on any atom is -0.330 e. The van der Waals surface area contributed by atoms with Gasteiger partial charge in [-0.05, 0) is 43.0 Å². The average molecular weight is 315 g/mol. The van der Waals surface area contributed by atoms with Crippen molar-refractivity contribution in [2.24, 2.45) is 11.1 Å². The quantitative estimate of drug-likeness (QED) is 0.897. The van der Waals surface area contributed by atoms with Crippen LogP contribution in [0.3, 0.4) is 0 Å². The minimum atomic E-state index is -0.437. The summed E-state index contributed by atoms with van der Waals surface area (Å²) in [5.74, 6) is -0.602. The average Bonchev–Trinajstić information content (AvgIpc) is 2.27. The number of carbonyl (C=O) groups is 1. The van der Waals surface area contributed by atoms with E-state index in [9.17, 15) is 9.18 Å². The van der Waals surface area contributed by atoms with Crippen LogP contribution in [0.25, 0.3) is 0 Å². The highest BCUT2D eigenvalue weighted by Crippen LogP contribution is 2.43. The summed E-state index contributed by atoms with van der Waals surface area (Å²) in [6.45, 7) is 0.517. The third-order valence-electron chi connectivity index (χ3n) is 3.59. The van der Waals surface area contributed by atoms with Crippen molar-refractivity contribution in [2.45, 2.75) is 25.7 Å². The Balaban J connectivity index is 1.98. The third kappa shape index (κ3) is 2.90. The van der Waals surface area contributed by atoms with E-state index >= 15 is 0 Å². The van der Waals surface area contributed by atoms with Gasteiger partial charge in [0.25, 0.3) is 0 Å². The van der Waals surface area contributed by atoms with E-state index in [-0.39, 0.29) is 17.0 Å². The Kier molecular flexibility index (Phi) is 4.02. The summed E-state index contributed by atoms with van der Waals surface area (Å²) in [5.41, 5.74) is 5.86. The first-order chi connectivity index (χ1) is 8.54. The van der Waals surface area contributed by atoms with Gasteiger partial charge in [-0.2, -0.15) is 0 Å². The number of nitrogens with one attached hydrogen (secondary N) is 1. The van der Waals surface area contributed by atoms with E-state index in [1.54, 1.807) is 12.1 Å². The molecule has 5 heteroatoms. The lowest BCUT2D eigenvalue weighted by Crippen LogP contribution is -2.40. The fourth-order valence-electron chi connectivity index (χ4n) is 2.26. The maximum atomic E-state index is 13.6. The zero-order chi connectivity index (χ0) is 13.2. The van der Waals surface area contributed by atoms with Crippen molar-refractivity contribution < 1.29 is 9.18 Å². The zero-order valence-corrected chi connectivity index (χ0v) is 11.6. The normalized spacial score (nSPS) is 17.1. The van der Waals surface area contributed by atoms with Gasteiger partial charge in [-0.1, -0.05) is 22.4 Å². The van der Waals surface area contributed by atoms with Crippen LogP contribution in [0.15, 0.2) is 22.7 Å². The molecule has 18 heavy (non-hydrogen) atoms. The molecule has 1 aliphatic rings. The highest BCUT2D eigenvalue weighted by atomic mass is 79.9. The first-order valence-corrected chi connectivity index (χ1v) is 6.79. The Morgan fingerprint density at radius 1 is 1.50 bits per heavy atom. The molecule has 0 aliphatic heterocycles. The van der Waals surface area contributed by atoms with E-state index < -0.39 is 5.82 Å². The molecular weight excluding hydrogens is 299 g/mol. The number of anilines is 1. The number of rotatable bonds is 4. The molecule has 0 unspecified atom stereocenters. The molecule has 0 spiro atoms. The van der Waals surface area contributed by atoms with E-state index in [0.717, 1.165) is 19.3 Å². The van der Waals surface area contributed by atoms with Gasteiger partial charge in [0.15, 0.2) is 0 Å². The van der Waals surface area contributed by atoms with E-state index in [1.165, 1.54) is 6.07 Å². The van der Waals surface area contributed by atoms with E-state index in [4.69, 9.17) is 5.73 Å². The van der Waals surface area contributed by atoms with Gasteiger partial charge < -0.3 is 11.1 Å². The van der Waals surface area contributed by atoms with Crippen LogP contribution in [0.2, 0.25) is 0 Å². The summed E-state index contributed by atoms with van der Waals surface area (Å²) >= 11 is 3.17. The van der Waals surface area contributed by atoms with Gasteiger partial charge in [0.2, 0.25) is 5.91 Å². The Hall–Kier alpha value is -0.940. The van der Waals surface area contributed by atoms with Crippen molar-refractivity contribution in [1.82, 2.24) is 0 Å². The number of nitrogens with two attached hydrogens (primary N) is 1. The van der Waals surface area contributed by atoms with Gasteiger partial charge in [-0.15, -0.1) is 0 Å². The highest BCUT2D eigenvalue weighted by molar-refractivity contribution is 9.10. The van der Waals surface area contributed by atoms with E-state index in [0.29, 0.717) is 17.4 Å². The molecule has 0 heterocycles. The molecule has 1 amide bonds. The fourth-order valence-corrected chi connectivity index (χ4v) is 2.59. The van der Waals surface area contributed by atoms with Crippen LogP contribution in [-0.2, 0) is 4.79 Å².